The van der Waals surface area contributed by atoms with Crippen LogP contribution in [0.1, 0.15) is 41.9 Å². The molecule has 0 unspecified atom stereocenters. The van der Waals surface area contributed by atoms with Crippen molar-refractivity contribution in [2.45, 2.75) is 27.2 Å². The van der Waals surface area contributed by atoms with Gasteiger partial charge in [0.05, 0.1) is 22.0 Å². The van der Waals surface area contributed by atoms with E-state index >= 15 is 0 Å². The maximum atomic E-state index is 13.2. The van der Waals surface area contributed by atoms with Crippen LogP contribution < -0.4 is 11.2 Å². The summed E-state index contributed by atoms with van der Waals surface area (Å²) in [7, 11) is 0. The Morgan fingerprint density at radius 2 is 1.97 bits per heavy atom. The molecular formula is C18H18ClF2N3O5. The number of carbonyl (C=O) groups excluding carboxylic acids is 1. The Morgan fingerprint density at radius 1 is 1.28 bits per heavy atom. The first-order valence-corrected chi connectivity index (χ1v) is 8.75. The van der Waals surface area contributed by atoms with Crippen LogP contribution in [0.4, 0.5) is 8.78 Å². The van der Waals surface area contributed by atoms with E-state index in [0.29, 0.717) is 10.3 Å². The van der Waals surface area contributed by atoms with Crippen LogP contribution in [-0.4, -0.2) is 34.4 Å². The van der Waals surface area contributed by atoms with E-state index in [4.69, 9.17) is 21.2 Å². The van der Waals surface area contributed by atoms with Crippen molar-refractivity contribution < 1.29 is 23.1 Å². The van der Waals surface area contributed by atoms with Crippen molar-refractivity contribution in [2.24, 2.45) is 5.16 Å². The van der Waals surface area contributed by atoms with Gasteiger partial charge in [0.25, 0.3) is 12.0 Å². The highest BCUT2D eigenvalue weighted by Crippen LogP contribution is 2.21. The van der Waals surface area contributed by atoms with Crippen molar-refractivity contribution in [3.05, 3.63) is 60.9 Å². The highest BCUT2D eigenvalue weighted by Gasteiger charge is 2.21. The number of carbonyl (C=O) groups is 1. The summed E-state index contributed by atoms with van der Waals surface area (Å²) in [6, 6.07) is 3.62. The summed E-state index contributed by atoms with van der Waals surface area (Å²) in [5.74, 6) is -0.844. The molecule has 1 N–H and O–H groups in total. The van der Waals surface area contributed by atoms with Gasteiger partial charge in [-0.15, -0.1) is 0 Å². The number of nitrogens with one attached hydrogen (secondary N) is 1. The van der Waals surface area contributed by atoms with Gasteiger partial charge in [0.1, 0.15) is 12.2 Å². The quantitative estimate of drug-likeness (QED) is 0.315. The minimum absolute atomic E-state index is 0.00304. The third-order valence-corrected chi connectivity index (χ3v) is 3.97. The minimum Gasteiger partial charge on any atom is -0.458 e. The number of halogens is 3. The number of esters is 1. The first kappa shape index (κ1) is 22.3. The molecule has 0 spiro atoms. The SMILES string of the molecule is CC(C)=NOCCOC(=O)c1cc(-n2c(=O)[nH]c(C)c(C(F)F)c2=O)ccc1Cl. The fourth-order valence-corrected chi connectivity index (χ4v) is 2.58. The van der Waals surface area contributed by atoms with Gasteiger partial charge in [0, 0.05) is 5.69 Å². The molecule has 8 nitrogen and oxygen atoms in total. The third-order valence-electron chi connectivity index (χ3n) is 3.64. The number of ether oxygens (including phenoxy) is 1. The van der Waals surface area contributed by atoms with E-state index in [9.17, 15) is 23.2 Å². The standard InChI is InChI=1S/C18H18ClF2N3O5/c1-9(2)23-29-7-6-28-17(26)12-8-11(4-5-13(12)19)24-16(25)14(15(20)21)10(3)22-18(24)27/h4-5,8,15H,6-7H2,1-3H3,(H,22,27). The summed E-state index contributed by atoms with van der Waals surface area (Å²) >= 11 is 6.00. The number of oxime groups is 1. The summed E-state index contributed by atoms with van der Waals surface area (Å²) < 4.78 is 31.9. The zero-order chi connectivity index (χ0) is 21.7. The number of benzene rings is 1. The zero-order valence-corrected chi connectivity index (χ0v) is 16.5. The Morgan fingerprint density at radius 3 is 2.59 bits per heavy atom. The number of aryl methyl sites for hydroxylation is 1. The average molecular weight is 430 g/mol. The third kappa shape index (κ3) is 5.29. The molecule has 0 aliphatic heterocycles. The van der Waals surface area contributed by atoms with Crippen LogP contribution in [0.5, 0.6) is 0 Å². The predicted molar refractivity (Wildman–Crippen MR) is 102 cm³/mol. The summed E-state index contributed by atoms with van der Waals surface area (Å²) in [6.45, 7) is 4.53. The largest absolute Gasteiger partial charge is 0.458 e. The van der Waals surface area contributed by atoms with Gasteiger partial charge >= 0.3 is 11.7 Å². The molecule has 0 atom stereocenters. The Hall–Kier alpha value is -3.01. The second kappa shape index (κ2) is 9.46. The first-order valence-electron chi connectivity index (χ1n) is 8.37. The fourth-order valence-electron chi connectivity index (χ4n) is 2.38. The highest BCUT2D eigenvalue weighted by atomic mass is 35.5. The Bertz CT molecular complexity index is 1060. The fraction of sp³-hybridized carbons (Fsp3) is 0.333. The first-order chi connectivity index (χ1) is 13.6. The molecule has 0 saturated carbocycles. The van der Waals surface area contributed by atoms with Crippen molar-refractivity contribution in [3.63, 3.8) is 0 Å². The minimum atomic E-state index is -3.09. The van der Waals surface area contributed by atoms with E-state index in [0.717, 1.165) is 6.07 Å². The van der Waals surface area contributed by atoms with Crippen LogP contribution in [0.2, 0.25) is 5.02 Å². The molecule has 2 rings (SSSR count). The summed E-state index contributed by atoms with van der Waals surface area (Å²) in [4.78, 5) is 43.9. The molecule has 0 bridgehead atoms. The molecule has 0 aliphatic carbocycles. The number of rotatable bonds is 7. The number of aromatic nitrogens is 2. The van der Waals surface area contributed by atoms with Gasteiger partial charge in [0.15, 0.2) is 6.61 Å². The Balaban J connectivity index is 2.36. The Kier molecular flexibility index (Phi) is 7.27. The predicted octanol–water partition coefficient (Wildman–Crippen LogP) is 2.99. The molecule has 156 valence electrons. The van der Waals surface area contributed by atoms with Gasteiger partial charge in [-0.2, -0.15) is 0 Å². The van der Waals surface area contributed by atoms with E-state index in [2.05, 4.69) is 10.1 Å². The topological polar surface area (TPSA) is 103 Å². The van der Waals surface area contributed by atoms with E-state index < -0.39 is 29.2 Å². The number of nitrogens with zero attached hydrogens (tertiary/aromatic N) is 2. The van der Waals surface area contributed by atoms with Crippen molar-refractivity contribution in [1.29, 1.82) is 0 Å². The van der Waals surface area contributed by atoms with Crippen molar-refractivity contribution in [2.75, 3.05) is 13.2 Å². The molecule has 11 heteroatoms. The monoisotopic (exact) mass is 429 g/mol. The zero-order valence-electron chi connectivity index (χ0n) is 15.8. The molecule has 2 aromatic rings. The van der Waals surface area contributed by atoms with Gasteiger partial charge in [-0.05, 0) is 39.0 Å². The van der Waals surface area contributed by atoms with Crippen LogP contribution in [0.3, 0.4) is 0 Å². The van der Waals surface area contributed by atoms with Crippen molar-refractivity contribution >= 4 is 23.3 Å². The molecule has 0 aliphatic rings. The molecule has 0 amide bonds. The van der Waals surface area contributed by atoms with E-state index in [1.54, 1.807) is 13.8 Å². The maximum Gasteiger partial charge on any atom is 0.339 e. The van der Waals surface area contributed by atoms with Crippen LogP contribution in [0.25, 0.3) is 5.69 Å². The average Bonchev–Trinajstić information content (AvgIpc) is 2.61. The summed E-state index contributed by atoms with van der Waals surface area (Å²) in [6.07, 6.45) is -3.09. The van der Waals surface area contributed by atoms with Crippen LogP contribution in [-0.2, 0) is 9.57 Å². The molecule has 29 heavy (non-hydrogen) atoms. The van der Waals surface area contributed by atoms with Crippen molar-refractivity contribution in [3.8, 4) is 5.69 Å². The number of H-pyrrole nitrogens is 1. The molecule has 1 aromatic carbocycles. The maximum absolute atomic E-state index is 13.2. The second-order valence-corrected chi connectivity index (χ2v) is 6.49. The summed E-state index contributed by atoms with van der Waals surface area (Å²) in [5, 5.41) is 3.67. The van der Waals surface area contributed by atoms with Gasteiger partial charge in [-0.25, -0.2) is 22.9 Å². The normalized spacial score (nSPS) is 10.7. The van der Waals surface area contributed by atoms with E-state index in [1.165, 1.54) is 19.1 Å². The number of alkyl halides is 2. The highest BCUT2D eigenvalue weighted by molar-refractivity contribution is 6.33. The lowest BCUT2D eigenvalue weighted by atomic mass is 10.2. The molecule has 0 radical (unpaired) electrons. The summed E-state index contributed by atoms with van der Waals surface area (Å²) in [5.41, 5.74) is -2.77. The lowest BCUT2D eigenvalue weighted by molar-refractivity contribution is 0.0328. The van der Waals surface area contributed by atoms with Crippen molar-refractivity contribution in [1.82, 2.24) is 9.55 Å². The molecule has 1 aromatic heterocycles. The molecule has 0 fully saturated rings. The Labute approximate surface area is 168 Å². The van der Waals surface area contributed by atoms with Gasteiger partial charge in [0.2, 0.25) is 0 Å². The smallest absolute Gasteiger partial charge is 0.339 e. The number of hydrogen-bond donors (Lipinski definition) is 1. The van der Waals surface area contributed by atoms with E-state index in [1.807, 2.05) is 0 Å². The van der Waals surface area contributed by atoms with Gasteiger partial charge in [-0.1, -0.05) is 16.8 Å². The number of hydrogen-bond acceptors (Lipinski definition) is 6. The molecule has 1 heterocycles. The lowest BCUT2D eigenvalue weighted by Gasteiger charge is -2.11. The van der Waals surface area contributed by atoms with Crippen LogP contribution in [0, 0.1) is 6.92 Å². The second-order valence-electron chi connectivity index (χ2n) is 6.08. The van der Waals surface area contributed by atoms with Crippen LogP contribution >= 0.6 is 11.6 Å². The number of aromatic amines is 1. The van der Waals surface area contributed by atoms with Crippen LogP contribution in [0.15, 0.2) is 32.9 Å². The van der Waals surface area contributed by atoms with Gasteiger partial charge < -0.3 is 14.6 Å². The van der Waals surface area contributed by atoms with E-state index in [-0.39, 0.29) is 35.2 Å². The lowest BCUT2D eigenvalue weighted by Crippen LogP contribution is -2.37. The molecular weight excluding hydrogens is 412 g/mol. The molecule has 0 saturated heterocycles. The van der Waals surface area contributed by atoms with Gasteiger partial charge in [-0.3, -0.25) is 4.79 Å².